The molecule has 0 saturated heterocycles. The van der Waals surface area contributed by atoms with Crippen LogP contribution in [0.2, 0.25) is 0 Å². The van der Waals surface area contributed by atoms with Crippen molar-refractivity contribution in [2.24, 2.45) is 15.7 Å². The molecule has 0 atom stereocenters. The maximum Gasteiger partial charge on any atom is 0.412 e. The van der Waals surface area contributed by atoms with Gasteiger partial charge >= 0.3 is 12.1 Å². The van der Waals surface area contributed by atoms with Crippen LogP contribution in [0.5, 0.6) is 0 Å². The van der Waals surface area contributed by atoms with Crippen LogP contribution >= 0.6 is 0 Å². The molecule has 106 valence electrons. The number of primary amides is 1. The number of hydrogen-bond donors (Lipinski definition) is 3. The molecule has 0 spiro atoms. The lowest BCUT2D eigenvalue weighted by molar-refractivity contribution is 0.193. The molecule has 0 radical (unpaired) electrons. The summed E-state index contributed by atoms with van der Waals surface area (Å²) >= 11 is 0. The molecule has 0 aliphatic heterocycles. The Balaban J connectivity index is 0. The number of carbonyl (C=O) groups is 2. The van der Waals surface area contributed by atoms with E-state index in [9.17, 15) is 19.2 Å². The normalized spacial score (nSPS) is 8.00. The topological polar surface area (TPSA) is 151 Å². The van der Waals surface area contributed by atoms with Crippen LogP contribution in [0.25, 0.3) is 0 Å². The van der Waals surface area contributed by atoms with E-state index in [2.05, 4.69) is 15.7 Å². The number of nitrogens with zero attached hydrogens (tertiary/aromatic N) is 2. The van der Waals surface area contributed by atoms with Gasteiger partial charge in [-0.3, -0.25) is 0 Å². The highest BCUT2D eigenvalue weighted by Gasteiger charge is 1.94. The van der Waals surface area contributed by atoms with E-state index < -0.39 is 12.1 Å². The number of carboxylic acid groups (broad SMARTS) is 1. The quantitative estimate of drug-likeness (QED) is 0.351. The average Bonchev–Trinajstić information content (AvgIpc) is 2.32. The molecule has 9 nitrogen and oxygen atoms in total. The van der Waals surface area contributed by atoms with Crippen LogP contribution in [-0.2, 0) is 9.59 Å². The molecule has 0 aromatic heterocycles. The number of nitrogens with one attached hydrogen (secondary N) is 1. The van der Waals surface area contributed by atoms with Gasteiger partial charge in [-0.05, 0) is 12.8 Å². The Morgan fingerprint density at radius 1 is 1.00 bits per heavy atom. The van der Waals surface area contributed by atoms with Crippen LogP contribution in [0.3, 0.4) is 0 Å². The van der Waals surface area contributed by atoms with E-state index in [1.165, 1.54) is 17.5 Å². The second-order valence-corrected chi connectivity index (χ2v) is 3.15. The number of imide groups is 1. The van der Waals surface area contributed by atoms with Crippen molar-refractivity contribution in [2.75, 3.05) is 13.1 Å². The number of isocyanates is 2. The lowest BCUT2D eigenvalue weighted by atomic mass is 10.2. The largest absolute Gasteiger partial charge is 0.465 e. The maximum atomic E-state index is 9.63. The van der Waals surface area contributed by atoms with Gasteiger partial charge in [-0.1, -0.05) is 12.8 Å². The number of rotatable bonds is 7. The fourth-order valence-corrected chi connectivity index (χ4v) is 0.932. The first-order valence-electron chi connectivity index (χ1n) is 5.41. The average molecular weight is 272 g/mol. The summed E-state index contributed by atoms with van der Waals surface area (Å²) in [6.45, 7) is 1.11. The summed E-state index contributed by atoms with van der Waals surface area (Å²) in [4.78, 5) is 45.0. The van der Waals surface area contributed by atoms with Crippen LogP contribution < -0.4 is 11.1 Å². The highest BCUT2D eigenvalue weighted by Crippen LogP contribution is 1.99. The van der Waals surface area contributed by atoms with Crippen molar-refractivity contribution in [1.29, 1.82) is 0 Å². The van der Waals surface area contributed by atoms with Gasteiger partial charge in [0.05, 0.1) is 13.1 Å². The molecule has 0 fully saturated rings. The van der Waals surface area contributed by atoms with Crippen LogP contribution in [-0.4, -0.2) is 42.5 Å². The second kappa shape index (κ2) is 15.5. The highest BCUT2D eigenvalue weighted by molar-refractivity contribution is 5.88. The van der Waals surface area contributed by atoms with E-state index in [0.717, 1.165) is 25.7 Å². The molecule has 0 aliphatic carbocycles. The Morgan fingerprint density at radius 2 is 1.42 bits per heavy atom. The minimum Gasteiger partial charge on any atom is -0.465 e. The summed E-state index contributed by atoms with van der Waals surface area (Å²) < 4.78 is 0. The Morgan fingerprint density at radius 3 is 1.63 bits per heavy atom. The van der Waals surface area contributed by atoms with Crippen LogP contribution in [0, 0.1) is 0 Å². The standard InChI is InChI=1S/C8H12N2O2.C2H4N2O3/c11-7-9-5-3-1-2-4-6-10-8-12;3-1(5)4-2(6)7/h1-6H2;(H,6,7)(H3,3,4,5). The predicted octanol–water partition coefficient (Wildman–Crippen LogP) is 0.551. The molecular weight excluding hydrogens is 256 g/mol. The van der Waals surface area contributed by atoms with Crippen molar-refractivity contribution >= 4 is 24.3 Å². The summed E-state index contributed by atoms with van der Waals surface area (Å²) in [7, 11) is 0. The van der Waals surface area contributed by atoms with Crippen molar-refractivity contribution in [1.82, 2.24) is 5.32 Å². The van der Waals surface area contributed by atoms with Gasteiger partial charge in [-0.2, -0.15) is 0 Å². The number of amides is 3. The number of urea groups is 1. The second-order valence-electron chi connectivity index (χ2n) is 3.15. The van der Waals surface area contributed by atoms with Gasteiger partial charge in [-0.25, -0.2) is 34.5 Å². The first-order valence-corrected chi connectivity index (χ1v) is 5.41. The van der Waals surface area contributed by atoms with Crippen LogP contribution in [0.1, 0.15) is 25.7 Å². The van der Waals surface area contributed by atoms with E-state index in [0.29, 0.717) is 13.1 Å². The molecule has 0 saturated carbocycles. The molecule has 0 bridgehead atoms. The first-order chi connectivity index (χ1) is 9.04. The number of carbonyl (C=O) groups excluding carboxylic acids is 3. The Kier molecular flexibility index (Phi) is 15.4. The molecule has 0 unspecified atom stereocenters. The summed E-state index contributed by atoms with van der Waals surface area (Å²) in [6, 6.07) is -1.06. The van der Waals surface area contributed by atoms with Crippen molar-refractivity contribution in [3.8, 4) is 0 Å². The smallest absolute Gasteiger partial charge is 0.412 e. The fraction of sp³-hybridized carbons (Fsp3) is 0.600. The SMILES string of the molecule is NC(=O)NC(=O)O.O=C=NCCCCCCN=C=O. The van der Waals surface area contributed by atoms with E-state index in [1.54, 1.807) is 0 Å². The van der Waals surface area contributed by atoms with Gasteiger partial charge in [0.15, 0.2) is 0 Å². The number of unbranched alkanes of at least 4 members (excludes halogenated alkanes) is 3. The number of nitrogens with two attached hydrogens (primary N) is 1. The third-order valence-corrected chi connectivity index (χ3v) is 1.65. The zero-order valence-corrected chi connectivity index (χ0v) is 10.3. The molecule has 9 heteroatoms. The molecule has 3 amide bonds. The van der Waals surface area contributed by atoms with E-state index >= 15 is 0 Å². The van der Waals surface area contributed by atoms with Crippen molar-refractivity contribution in [3.05, 3.63) is 0 Å². The Bertz CT molecular complexity index is 325. The van der Waals surface area contributed by atoms with Gasteiger partial charge in [0, 0.05) is 0 Å². The summed E-state index contributed by atoms with van der Waals surface area (Å²) in [6.07, 6.45) is 5.36. The molecule has 0 aliphatic rings. The van der Waals surface area contributed by atoms with Crippen molar-refractivity contribution < 1.29 is 24.3 Å². The van der Waals surface area contributed by atoms with Crippen LogP contribution in [0.4, 0.5) is 9.59 Å². The lowest BCUT2D eigenvalue weighted by Crippen LogP contribution is -2.33. The molecule has 19 heavy (non-hydrogen) atoms. The van der Waals surface area contributed by atoms with Gasteiger partial charge in [-0.15, -0.1) is 0 Å². The summed E-state index contributed by atoms with van der Waals surface area (Å²) in [5.41, 5.74) is 4.36. The van der Waals surface area contributed by atoms with Gasteiger partial charge < -0.3 is 10.8 Å². The van der Waals surface area contributed by atoms with E-state index in [4.69, 9.17) is 5.11 Å². The molecule has 4 N–H and O–H groups in total. The van der Waals surface area contributed by atoms with Crippen molar-refractivity contribution in [3.63, 3.8) is 0 Å². The van der Waals surface area contributed by atoms with E-state index in [1.807, 2.05) is 0 Å². The summed E-state index contributed by atoms with van der Waals surface area (Å²) in [5.74, 6) is 0. The monoisotopic (exact) mass is 272 g/mol. The molecule has 0 aromatic rings. The van der Waals surface area contributed by atoms with Gasteiger partial charge in [0.1, 0.15) is 0 Å². The third kappa shape index (κ3) is 25.6. The number of aliphatic imine (C=N–C) groups is 2. The zero-order valence-electron chi connectivity index (χ0n) is 10.3. The Labute approximate surface area is 109 Å². The van der Waals surface area contributed by atoms with Crippen LogP contribution in [0.15, 0.2) is 9.98 Å². The molecular formula is C10H16N4O5. The first kappa shape index (κ1) is 18.9. The fourth-order valence-electron chi connectivity index (χ4n) is 0.932. The maximum absolute atomic E-state index is 9.63. The van der Waals surface area contributed by atoms with Gasteiger partial charge in [0.25, 0.3) is 0 Å². The van der Waals surface area contributed by atoms with Gasteiger partial charge in [0.2, 0.25) is 12.2 Å². The molecule has 0 aromatic carbocycles. The third-order valence-electron chi connectivity index (χ3n) is 1.65. The zero-order chi connectivity index (χ0) is 14.9. The van der Waals surface area contributed by atoms with Crippen molar-refractivity contribution in [2.45, 2.75) is 25.7 Å². The minimum absolute atomic E-state index is 0.556. The lowest BCUT2D eigenvalue weighted by Gasteiger charge is -1.93. The van der Waals surface area contributed by atoms with E-state index in [-0.39, 0.29) is 0 Å². The minimum atomic E-state index is -1.44. The molecule has 0 heterocycles. The summed E-state index contributed by atoms with van der Waals surface area (Å²) in [5, 5.41) is 9.03. The molecule has 0 rings (SSSR count). The highest BCUT2D eigenvalue weighted by atomic mass is 16.4. The number of hydrogen-bond acceptors (Lipinski definition) is 6. The Hall–Kier alpha value is -2.50. The predicted molar refractivity (Wildman–Crippen MR) is 65.2 cm³/mol.